The van der Waals surface area contributed by atoms with Crippen molar-refractivity contribution in [1.29, 1.82) is 0 Å². The van der Waals surface area contributed by atoms with Crippen molar-refractivity contribution in [3.05, 3.63) is 170 Å². The Balaban J connectivity index is 1.23. The maximum Gasteiger partial charge on any atom is 0.0788 e. The van der Waals surface area contributed by atoms with Crippen molar-refractivity contribution in [1.82, 2.24) is 18.7 Å². The molecule has 0 aliphatic carbocycles. The van der Waals surface area contributed by atoms with Crippen molar-refractivity contribution in [2.24, 2.45) is 0 Å². The summed E-state index contributed by atoms with van der Waals surface area (Å²) < 4.78 is 9.95. The number of hydrogen-bond acceptors (Lipinski definition) is 2. The van der Waals surface area contributed by atoms with Crippen LogP contribution in [0.2, 0.25) is 0 Å². The van der Waals surface area contributed by atoms with Crippen molar-refractivity contribution in [3.8, 4) is 17.1 Å². The summed E-state index contributed by atoms with van der Waals surface area (Å²) in [6, 6.07) is 57.8. The highest BCUT2D eigenvalue weighted by molar-refractivity contribution is 7.25. The number of fused-ring (bicyclic) bond motifs is 13. The largest absolute Gasteiger partial charge is 0.308 e. The van der Waals surface area contributed by atoms with Crippen LogP contribution in [0, 0.1) is 0 Å². The number of aromatic nitrogens is 4. The van der Waals surface area contributed by atoms with Gasteiger partial charge >= 0.3 is 0 Å². The van der Waals surface area contributed by atoms with Crippen molar-refractivity contribution in [2.75, 3.05) is 0 Å². The Morgan fingerprint density at radius 1 is 0.346 bits per heavy atom. The van der Waals surface area contributed by atoms with E-state index in [-0.39, 0.29) is 0 Å². The van der Waals surface area contributed by atoms with Crippen molar-refractivity contribution in [3.63, 3.8) is 0 Å². The average Bonchev–Trinajstić information content (AvgIpc) is 3.94. The van der Waals surface area contributed by atoms with Gasteiger partial charge in [-0.25, -0.2) is 0 Å². The molecule has 0 radical (unpaired) electrons. The quantitative estimate of drug-likeness (QED) is 0.182. The van der Waals surface area contributed by atoms with Crippen LogP contribution in [0.4, 0.5) is 0 Å². The number of thiophene rings is 1. The summed E-state index contributed by atoms with van der Waals surface area (Å²) in [6.07, 6.45) is 3.89. The highest BCUT2D eigenvalue weighted by Crippen LogP contribution is 2.44. The molecule has 5 heterocycles. The van der Waals surface area contributed by atoms with Crippen molar-refractivity contribution >= 4 is 96.9 Å². The Labute approximate surface area is 301 Å². The zero-order valence-corrected chi connectivity index (χ0v) is 28.7. The Hall–Kier alpha value is -6.69. The van der Waals surface area contributed by atoms with Crippen LogP contribution in [0.5, 0.6) is 0 Å². The lowest BCUT2D eigenvalue weighted by Gasteiger charge is -2.13. The molecule has 0 aliphatic rings. The van der Waals surface area contributed by atoms with Gasteiger partial charge in [0.15, 0.2) is 0 Å². The van der Waals surface area contributed by atoms with E-state index in [9.17, 15) is 0 Å². The number of para-hydroxylation sites is 3. The molecule has 0 amide bonds. The first-order chi connectivity index (χ1) is 25.8. The third kappa shape index (κ3) is 3.72. The van der Waals surface area contributed by atoms with Gasteiger partial charge in [-0.15, -0.1) is 11.3 Å². The topological polar surface area (TPSA) is 27.7 Å². The van der Waals surface area contributed by atoms with Crippen LogP contribution in [0.25, 0.3) is 103 Å². The normalized spacial score (nSPS) is 12.2. The summed E-state index contributed by atoms with van der Waals surface area (Å²) in [5, 5.41) is 9.97. The summed E-state index contributed by atoms with van der Waals surface area (Å²) in [6.45, 7) is 0. The number of benzene rings is 7. The average molecular weight is 681 g/mol. The molecule has 0 N–H and O–H groups in total. The van der Waals surface area contributed by atoms with Gasteiger partial charge in [0, 0.05) is 75.7 Å². The van der Waals surface area contributed by atoms with E-state index >= 15 is 0 Å². The number of hydrogen-bond donors (Lipinski definition) is 0. The molecule has 0 aliphatic heterocycles. The summed E-state index contributed by atoms with van der Waals surface area (Å²) >= 11 is 1.86. The Bertz CT molecular complexity index is 3410. The Morgan fingerprint density at radius 3 is 1.63 bits per heavy atom. The first-order valence-corrected chi connectivity index (χ1v) is 18.4. The summed E-state index contributed by atoms with van der Waals surface area (Å²) in [5.41, 5.74) is 10.5. The molecule has 0 saturated heterocycles. The van der Waals surface area contributed by atoms with Crippen LogP contribution in [0.3, 0.4) is 0 Å². The molecule has 12 rings (SSSR count). The van der Waals surface area contributed by atoms with Crippen molar-refractivity contribution in [2.45, 2.75) is 0 Å². The molecule has 5 heteroatoms. The molecular formula is C47H28N4S. The molecule has 5 aromatic heterocycles. The SMILES string of the molecule is c1ccc(-n2c3ccc(-n4c5ccccc5c5ccc6c7ccccc7n(-c7ccc8sc9ccccc9c8c7)c6c54)cc3c3ccncc32)cc1. The number of nitrogens with zero attached hydrogens (tertiary/aromatic N) is 4. The molecule has 12 aromatic rings. The fourth-order valence-electron chi connectivity index (χ4n) is 8.74. The second-order valence-electron chi connectivity index (χ2n) is 13.6. The fourth-order valence-corrected chi connectivity index (χ4v) is 9.83. The van der Waals surface area contributed by atoms with Gasteiger partial charge in [0.1, 0.15) is 0 Å². The second kappa shape index (κ2) is 10.4. The van der Waals surface area contributed by atoms with Gasteiger partial charge in [-0.3, -0.25) is 4.98 Å². The van der Waals surface area contributed by atoms with Gasteiger partial charge in [0.2, 0.25) is 0 Å². The zero-order chi connectivity index (χ0) is 33.9. The minimum Gasteiger partial charge on any atom is -0.308 e. The first kappa shape index (κ1) is 28.1. The van der Waals surface area contributed by atoms with E-state index in [1.54, 1.807) is 0 Å². The highest BCUT2D eigenvalue weighted by atomic mass is 32.1. The molecular weight excluding hydrogens is 653 g/mol. The molecule has 0 saturated carbocycles. The van der Waals surface area contributed by atoms with E-state index in [4.69, 9.17) is 0 Å². The first-order valence-electron chi connectivity index (χ1n) is 17.6. The number of rotatable bonds is 3. The molecule has 0 bridgehead atoms. The third-order valence-corrected chi connectivity index (χ3v) is 12.1. The van der Waals surface area contributed by atoms with Gasteiger partial charge in [0.05, 0.1) is 39.3 Å². The molecule has 7 aromatic carbocycles. The maximum absolute atomic E-state index is 4.55. The molecule has 242 valence electrons. The highest BCUT2D eigenvalue weighted by Gasteiger charge is 2.22. The summed E-state index contributed by atoms with van der Waals surface area (Å²) in [4.78, 5) is 4.55. The van der Waals surface area contributed by atoms with Crippen LogP contribution in [0.15, 0.2) is 170 Å². The smallest absolute Gasteiger partial charge is 0.0788 e. The number of pyridine rings is 1. The van der Waals surface area contributed by atoms with Crippen molar-refractivity contribution < 1.29 is 0 Å². The van der Waals surface area contributed by atoms with E-state index in [1.807, 2.05) is 23.7 Å². The van der Waals surface area contributed by atoms with Gasteiger partial charge < -0.3 is 13.7 Å². The van der Waals surface area contributed by atoms with E-state index in [0.717, 1.165) is 22.4 Å². The van der Waals surface area contributed by atoms with Gasteiger partial charge in [-0.05, 0) is 72.8 Å². The molecule has 0 spiro atoms. The van der Waals surface area contributed by atoms with E-state index in [0.29, 0.717) is 0 Å². The third-order valence-electron chi connectivity index (χ3n) is 10.9. The predicted molar refractivity (Wildman–Crippen MR) is 220 cm³/mol. The Morgan fingerprint density at radius 2 is 0.904 bits per heavy atom. The van der Waals surface area contributed by atoms with E-state index in [1.165, 1.54) is 80.2 Å². The second-order valence-corrected chi connectivity index (χ2v) is 14.7. The lowest BCUT2D eigenvalue weighted by atomic mass is 10.1. The van der Waals surface area contributed by atoms with Crippen LogP contribution >= 0.6 is 11.3 Å². The predicted octanol–water partition coefficient (Wildman–Crippen LogP) is 12.7. The minimum absolute atomic E-state index is 1.10. The van der Waals surface area contributed by atoms with Gasteiger partial charge in [0.25, 0.3) is 0 Å². The van der Waals surface area contributed by atoms with Gasteiger partial charge in [-0.1, -0.05) is 84.9 Å². The lowest BCUT2D eigenvalue weighted by molar-refractivity contribution is 1.15. The van der Waals surface area contributed by atoms with E-state index < -0.39 is 0 Å². The minimum atomic E-state index is 1.10. The summed E-state index contributed by atoms with van der Waals surface area (Å²) in [7, 11) is 0. The molecule has 4 nitrogen and oxygen atoms in total. The van der Waals surface area contributed by atoms with Gasteiger partial charge in [-0.2, -0.15) is 0 Å². The standard InChI is InChI=1S/C47H28N4S/c1-2-10-29(11-3-1)49-42-22-18-30(26-38(42)34-24-25-48-28-43(34)49)50-40-15-7-4-12-32(40)36-20-21-37-33-13-5-8-16-41(33)51(47(37)46(36)50)31-19-23-45-39(27-31)35-14-6-9-17-44(35)52-45/h1-28H. The van der Waals surface area contributed by atoms with E-state index in [2.05, 4.69) is 176 Å². The van der Waals surface area contributed by atoms with Crippen LogP contribution in [-0.2, 0) is 0 Å². The fraction of sp³-hybridized carbons (Fsp3) is 0. The van der Waals surface area contributed by atoms with Crippen LogP contribution in [-0.4, -0.2) is 18.7 Å². The summed E-state index contributed by atoms with van der Waals surface area (Å²) in [5.74, 6) is 0. The molecule has 0 atom stereocenters. The molecule has 0 unspecified atom stereocenters. The van der Waals surface area contributed by atoms with Crippen LogP contribution < -0.4 is 0 Å². The zero-order valence-electron chi connectivity index (χ0n) is 27.9. The lowest BCUT2D eigenvalue weighted by Crippen LogP contribution is -1.99. The Kier molecular flexibility index (Phi) is 5.62. The molecule has 52 heavy (non-hydrogen) atoms. The monoisotopic (exact) mass is 680 g/mol. The van der Waals surface area contributed by atoms with Crippen LogP contribution in [0.1, 0.15) is 0 Å². The molecule has 0 fully saturated rings. The maximum atomic E-state index is 4.55.